The molecule has 1 aliphatic heterocycles. The lowest BCUT2D eigenvalue weighted by Gasteiger charge is -2.33. The number of aromatic nitrogens is 1. The number of rotatable bonds is 9. The minimum atomic E-state index is -0.646. The van der Waals surface area contributed by atoms with Crippen molar-refractivity contribution in [2.45, 2.75) is 25.0 Å². The number of hydrogen-bond acceptors (Lipinski definition) is 6. The second kappa shape index (κ2) is 11.1. The molecule has 8 nitrogen and oxygen atoms in total. The molecule has 0 aliphatic carbocycles. The van der Waals surface area contributed by atoms with Gasteiger partial charge in [0.25, 0.3) is 5.91 Å². The molecule has 3 aromatic carbocycles. The molecule has 4 aromatic rings. The number of para-hydroxylation sites is 1. The molecule has 0 radical (unpaired) electrons. The molecular weight excluding hydrogens is 470 g/mol. The Hall–Kier alpha value is -3.75. The first-order chi connectivity index (χ1) is 18.1. The van der Waals surface area contributed by atoms with Gasteiger partial charge in [-0.05, 0) is 49.2 Å². The van der Waals surface area contributed by atoms with Crippen molar-refractivity contribution in [3.63, 3.8) is 0 Å². The van der Waals surface area contributed by atoms with E-state index in [1.807, 2.05) is 41.3 Å². The van der Waals surface area contributed by atoms with Gasteiger partial charge in [-0.2, -0.15) is 0 Å². The first-order valence-electron chi connectivity index (χ1n) is 12.6. The van der Waals surface area contributed by atoms with Crippen LogP contribution in [0.4, 0.5) is 0 Å². The van der Waals surface area contributed by atoms with Crippen LogP contribution in [0.25, 0.3) is 21.8 Å². The van der Waals surface area contributed by atoms with Crippen molar-refractivity contribution in [3.05, 3.63) is 66.2 Å². The smallest absolute Gasteiger partial charge is 0.253 e. The van der Waals surface area contributed by atoms with Crippen LogP contribution in [0.2, 0.25) is 0 Å². The molecule has 1 unspecified atom stereocenters. The zero-order valence-electron chi connectivity index (χ0n) is 21.2. The molecular formula is C29H33N3O5. The lowest BCUT2D eigenvalue weighted by Crippen LogP contribution is -2.47. The van der Waals surface area contributed by atoms with Crippen molar-refractivity contribution in [2.24, 2.45) is 0 Å². The Morgan fingerprint density at radius 1 is 1.00 bits per heavy atom. The van der Waals surface area contributed by atoms with E-state index in [0.717, 1.165) is 40.4 Å². The number of fused-ring (bicyclic) bond motifs is 3. The molecule has 1 aromatic heterocycles. The van der Waals surface area contributed by atoms with Crippen molar-refractivity contribution >= 4 is 27.7 Å². The van der Waals surface area contributed by atoms with Crippen LogP contribution in [-0.4, -0.2) is 73.5 Å². The molecule has 3 N–H and O–H groups in total. The topological polar surface area (TPSA) is 96.0 Å². The Bertz CT molecular complexity index is 1380. The van der Waals surface area contributed by atoms with E-state index in [9.17, 15) is 9.90 Å². The van der Waals surface area contributed by atoms with E-state index in [4.69, 9.17) is 14.2 Å². The third-order valence-corrected chi connectivity index (χ3v) is 6.98. The summed E-state index contributed by atoms with van der Waals surface area (Å²) in [7, 11) is 3.13. The number of nitrogens with one attached hydrogen (secondary N) is 2. The van der Waals surface area contributed by atoms with Crippen LogP contribution >= 0.6 is 0 Å². The highest BCUT2D eigenvalue weighted by Gasteiger charge is 2.24. The zero-order chi connectivity index (χ0) is 25.8. The number of ether oxygens (including phenoxy) is 3. The maximum Gasteiger partial charge on any atom is 0.253 e. The fourth-order valence-corrected chi connectivity index (χ4v) is 4.97. The highest BCUT2D eigenvalue weighted by Crippen LogP contribution is 2.33. The van der Waals surface area contributed by atoms with Gasteiger partial charge in [0.2, 0.25) is 0 Å². The zero-order valence-corrected chi connectivity index (χ0v) is 21.2. The van der Waals surface area contributed by atoms with Crippen LogP contribution in [0.1, 0.15) is 23.2 Å². The number of amides is 1. The number of carbonyl (C=O) groups excluding carboxylic acids is 1. The normalized spacial score (nSPS) is 15.2. The molecule has 1 fully saturated rings. The van der Waals surface area contributed by atoms with Gasteiger partial charge in [0.05, 0.1) is 19.7 Å². The minimum Gasteiger partial charge on any atom is -0.493 e. The number of hydrogen-bond donors (Lipinski definition) is 3. The van der Waals surface area contributed by atoms with Crippen LogP contribution in [0.15, 0.2) is 60.7 Å². The second-order valence-electron chi connectivity index (χ2n) is 9.36. The lowest BCUT2D eigenvalue weighted by atomic mass is 10.0. The fraction of sp³-hybridized carbons (Fsp3) is 0.345. The summed E-state index contributed by atoms with van der Waals surface area (Å²) >= 11 is 0. The first-order valence-corrected chi connectivity index (χ1v) is 12.6. The van der Waals surface area contributed by atoms with Crippen LogP contribution in [0.5, 0.6) is 17.2 Å². The average Bonchev–Trinajstić information content (AvgIpc) is 3.33. The number of nitrogens with zero attached hydrogens (tertiary/aromatic N) is 1. The molecule has 2 heterocycles. The maximum atomic E-state index is 13.0. The monoisotopic (exact) mass is 503 g/mol. The number of aromatic amines is 1. The predicted molar refractivity (Wildman–Crippen MR) is 144 cm³/mol. The number of likely N-dealkylation sites (tertiary alicyclic amines) is 1. The maximum absolute atomic E-state index is 13.0. The summed E-state index contributed by atoms with van der Waals surface area (Å²) in [6.45, 7) is 1.93. The lowest BCUT2D eigenvalue weighted by molar-refractivity contribution is 0.0686. The summed E-state index contributed by atoms with van der Waals surface area (Å²) in [6, 6.07) is 19.5. The van der Waals surface area contributed by atoms with Crippen LogP contribution in [0, 0.1) is 0 Å². The van der Waals surface area contributed by atoms with Crippen molar-refractivity contribution in [1.82, 2.24) is 15.2 Å². The molecule has 8 heteroatoms. The predicted octanol–water partition coefficient (Wildman–Crippen LogP) is 3.97. The van der Waals surface area contributed by atoms with Gasteiger partial charge in [0.1, 0.15) is 18.5 Å². The van der Waals surface area contributed by atoms with Crippen molar-refractivity contribution in [3.8, 4) is 17.2 Å². The highest BCUT2D eigenvalue weighted by molar-refractivity contribution is 6.10. The van der Waals surface area contributed by atoms with Crippen LogP contribution < -0.4 is 19.5 Å². The Kier molecular flexibility index (Phi) is 7.48. The highest BCUT2D eigenvalue weighted by atomic mass is 16.5. The van der Waals surface area contributed by atoms with Crippen LogP contribution in [0.3, 0.4) is 0 Å². The van der Waals surface area contributed by atoms with E-state index >= 15 is 0 Å². The number of piperidine rings is 1. The summed E-state index contributed by atoms with van der Waals surface area (Å²) in [5, 5.41) is 16.2. The molecule has 194 valence electrons. The van der Waals surface area contributed by atoms with E-state index in [-0.39, 0.29) is 18.6 Å². The minimum absolute atomic E-state index is 0.0145. The average molecular weight is 504 g/mol. The molecule has 0 spiro atoms. The van der Waals surface area contributed by atoms with Gasteiger partial charge in [0, 0.05) is 47.5 Å². The number of carbonyl (C=O) groups is 1. The number of aliphatic hydroxyl groups is 1. The number of methoxy groups -OCH3 is 2. The summed E-state index contributed by atoms with van der Waals surface area (Å²) < 4.78 is 16.6. The van der Waals surface area contributed by atoms with E-state index in [1.54, 1.807) is 32.4 Å². The third-order valence-electron chi connectivity index (χ3n) is 6.98. The van der Waals surface area contributed by atoms with Gasteiger partial charge >= 0.3 is 0 Å². The van der Waals surface area contributed by atoms with Gasteiger partial charge in [-0.25, -0.2) is 0 Å². The van der Waals surface area contributed by atoms with Gasteiger partial charge in [0.15, 0.2) is 11.5 Å². The van der Waals surface area contributed by atoms with Crippen molar-refractivity contribution < 1.29 is 24.1 Å². The van der Waals surface area contributed by atoms with E-state index in [0.29, 0.717) is 36.7 Å². The molecule has 5 rings (SSSR count). The standard InChI is InChI=1S/C29H33N3O5/c1-35-25-11-10-19(16-27(25)36-2)29(34)32-14-12-20(13-15-32)30-17-21(33)18-37-26-9-5-8-24-28(26)22-6-3-4-7-23(22)31-24/h3-11,16,20-21,30-31,33H,12-15,17-18H2,1-2H3. The largest absolute Gasteiger partial charge is 0.493 e. The SMILES string of the molecule is COc1ccc(C(=O)N2CCC(NCC(O)COc3cccc4[nH]c5ccccc5c34)CC2)cc1OC. The molecule has 37 heavy (non-hydrogen) atoms. The number of aliphatic hydroxyl groups excluding tert-OH is 1. The Labute approximate surface area is 216 Å². The number of H-pyrrole nitrogens is 1. The van der Waals surface area contributed by atoms with Gasteiger partial charge in [-0.1, -0.05) is 24.3 Å². The van der Waals surface area contributed by atoms with Crippen molar-refractivity contribution in [2.75, 3.05) is 40.5 Å². The van der Waals surface area contributed by atoms with E-state index in [2.05, 4.69) is 16.4 Å². The Balaban J connectivity index is 1.10. The molecule has 1 aliphatic rings. The molecule has 1 atom stereocenters. The van der Waals surface area contributed by atoms with Gasteiger partial charge < -0.3 is 34.5 Å². The summed E-state index contributed by atoms with van der Waals surface area (Å²) in [5.41, 5.74) is 2.66. The number of benzene rings is 3. The van der Waals surface area contributed by atoms with Crippen LogP contribution in [-0.2, 0) is 0 Å². The quantitative estimate of drug-likeness (QED) is 0.320. The Morgan fingerprint density at radius 2 is 1.76 bits per heavy atom. The summed E-state index contributed by atoms with van der Waals surface area (Å²) in [6.07, 6.45) is 0.995. The van der Waals surface area contributed by atoms with E-state index in [1.165, 1.54) is 0 Å². The van der Waals surface area contributed by atoms with Crippen molar-refractivity contribution in [1.29, 1.82) is 0 Å². The summed E-state index contributed by atoms with van der Waals surface area (Å²) in [5.74, 6) is 1.89. The molecule has 1 amide bonds. The van der Waals surface area contributed by atoms with E-state index < -0.39 is 6.10 Å². The molecule has 0 saturated carbocycles. The van der Waals surface area contributed by atoms with Gasteiger partial charge in [-0.3, -0.25) is 4.79 Å². The fourth-order valence-electron chi connectivity index (χ4n) is 4.97. The summed E-state index contributed by atoms with van der Waals surface area (Å²) in [4.78, 5) is 18.2. The first kappa shape index (κ1) is 24.9. The second-order valence-corrected chi connectivity index (χ2v) is 9.36. The Morgan fingerprint density at radius 3 is 2.54 bits per heavy atom. The molecule has 1 saturated heterocycles. The molecule has 0 bridgehead atoms. The third kappa shape index (κ3) is 5.35. The van der Waals surface area contributed by atoms with Gasteiger partial charge in [-0.15, -0.1) is 0 Å².